The van der Waals surface area contributed by atoms with Crippen LogP contribution in [0.2, 0.25) is 0 Å². The fraction of sp³-hybridized carbons (Fsp3) is 0.379. The summed E-state index contributed by atoms with van der Waals surface area (Å²) in [4.78, 5) is 24.7. The highest BCUT2D eigenvalue weighted by Gasteiger charge is 2.24. The van der Waals surface area contributed by atoms with Crippen molar-refractivity contribution >= 4 is 29.4 Å². The lowest BCUT2D eigenvalue weighted by Gasteiger charge is -2.28. The van der Waals surface area contributed by atoms with E-state index in [1.54, 1.807) is 36.4 Å². The molecule has 0 spiro atoms. The molecule has 0 aliphatic heterocycles. The van der Waals surface area contributed by atoms with Gasteiger partial charge in [-0.1, -0.05) is 25.1 Å². The first-order valence-corrected chi connectivity index (χ1v) is 12.4. The van der Waals surface area contributed by atoms with Crippen molar-refractivity contribution in [3.8, 4) is 0 Å². The number of carbonyl (C=O) groups excluding carboxylic acids is 2. The summed E-state index contributed by atoms with van der Waals surface area (Å²) in [6.07, 6.45) is 9.24. The molecule has 1 aliphatic carbocycles. The molecule has 3 rings (SSSR count). The van der Waals surface area contributed by atoms with Crippen LogP contribution in [-0.2, 0) is 19.0 Å². The second-order valence-corrected chi connectivity index (χ2v) is 9.17. The van der Waals surface area contributed by atoms with Crippen LogP contribution in [0.25, 0.3) is 6.08 Å². The van der Waals surface area contributed by atoms with Gasteiger partial charge in [-0.3, -0.25) is 0 Å². The monoisotopic (exact) mass is 492 g/mol. The van der Waals surface area contributed by atoms with Gasteiger partial charge in [-0.2, -0.15) is 0 Å². The number of nitrogens with two attached hydrogens (primary N) is 2. The lowest BCUT2D eigenvalue weighted by atomic mass is 9.95. The zero-order valence-corrected chi connectivity index (χ0v) is 20.9. The quantitative estimate of drug-likeness (QED) is 0.144. The van der Waals surface area contributed by atoms with Gasteiger partial charge in [-0.15, -0.1) is 6.58 Å². The summed E-state index contributed by atoms with van der Waals surface area (Å²) >= 11 is 0. The molecule has 7 nitrogen and oxygen atoms in total. The highest BCUT2D eigenvalue weighted by Crippen LogP contribution is 2.25. The molecular weight excluding hydrogens is 456 g/mol. The number of rotatable bonds is 11. The minimum absolute atomic E-state index is 0.0433. The van der Waals surface area contributed by atoms with Crippen LogP contribution in [0, 0.1) is 0 Å². The highest BCUT2D eigenvalue weighted by atomic mass is 16.5. The van der Waals surface area contributed by atoms with Crippen LogP contribution in [-0.4, -0.2) is 37.4 Å². The average Bonchev–Trinajstić information content (AvgIpc) is 2.87. The summed E-state index contributed by atoms with van der Waals surface area (Å²) in [6.45, 7) is 6.53. The molecule has 192 valence electrons. The van der Waals surface area contributed by atoms with Crippen LogP contribution < -0.4 is 11.5 Å². The van der Waals surface area contributed by atoms with Crippen molar-refractivity contribution in [2.75, 3.05) is 24.7 Å². The van der Waals surface area contributed by atoms with Crippen LogP contribution in [0.4, 0.5) is 11.4 Å². The molecule has 1 unspecified atom stereocenters. The molecule has 1 aliphatic rings. The molecule has 4 N–H and O–H groups in total. The van der Waals surface area contributed by atoms with Crippen molar-refractivity contribution in [1.82, 2.24) is 0 Å². The summed E-state index contributed by atoms with van der Waals surface area (Å²) in [7, 11) is 0. The Morgan fingerprint density at radius 2 is 1.67 bits per heavy atom. The van der Waals surface area contributed by atoms with Crippen LogP contribution in [0.1, 0.15) is 66.4 Å². The van der Waals surface area contributed by atoms with E-state index in [9.17, 15) is 9.59 Å². The Kier molecular flexibility index (Phi) is 10.1. The second kappa shape index (κ2) is 13.5. The van der Waals surface area contributed by atoms with E-state index in [-0.39, 0.29) is 30.7 Å². The number of benzene rings is 2. The molecular formula is C29H36N2O5. The number of hydrogen-bond donors (Lipinski definition) is 2. The predicted octanol–water partition coefficient (Wildman–Crippen LogP) is 5.27. The molecule has 0 saturated heterocycles. The van der Waals surface area contributed by atoms with Gasteiger partial charge in [-0.05, 0) is 79.6 Å². The summed E-state index contributed by atoms with van der Waals surface area (Å²) < 4.78 is 16.8. The highest BCUT2D eigenvalue weighted by molar-refractivity contribution is 5.90. The van der Waals surface area contributed by atoms with Gasteiger partial charge in [0.25, 0.3) is 0 Å². The first kappa shape index (κ1) is 27.0. The maximum Gasteiger partial charge on any atom is 0.338 e. The Hall–Kier alpha value is -3.58. The van der Waals surface area contributed by atoms with E-state index >= 15 is 0 Å². The molecule has 1 saturated carbocycles. The van der Waals surface area contributed by atoms with E-state index in [2.05, 4.69) is 6.58 Å². The van der Waals surface area contributed by atoms with Crippen molar-refractivity contribution in [2.24, 2.45) is 0 Å². The minimum atomic E-state index is -0.453. The van der Waals surface area contributed by atoms with E-state index in [1.807, 2.05) is 25.1 Å². The topological polar surface area (TPSA) is 114 Å². The van der Waals surface area contributed by atoms with Crippen molar-refractivity contribution in [3.63, 3.8) is 0 Å². The Morgan fingerprint density at radius 3 is 2.31 bits per heavy atom. The third kappa shape index (κ3) is 8.57. The third-order valence-electron chi connectivity index (χ3n) is 6.17. The minimum Gasteiger partial charge on any atom is -0.462 e. The van der Waals surface area contributed by atoms with Gasteiger partial charge in [0.05, 0.1) is 24.9 Å². The van der Waals surface area contributed by atoms with Crippen LogP contribution in [0.3, 0.4) is 0 Å². The van der Waals surface area contributed by atoms with E-state index in [4.69, 9.17) is 25.7 Å². The summed E-state index contributed by atoms with van der Waals surface area (Å²) in [5.74, 6) is -0.832. The summed E-state index contributed by atoms with van der Waals surface area (Å²) in [5.41, 5.74) is 15.0. The van der Waals surface area contributed by atoms with Gasteiger partial charge in [0, 0.05) is 23.4 Å². The van der Waals surface area contributed by atoms with E-state index < -0.39 is 5.97 Å². The fourth-order valence-corrected chi connectivity index (χ4v) is 4.09. The van der Waals surface area contributed by atoms with E-state index in [0.717, 1.165) is 43.2 Å². The fourth-order valence-electron chi connectivity index (χ4n) is 4.09. The zero-order valence-electron chi connectivity index (χ0n) is 20.9. The number of carbonyl (C=O) groups is 2. The Labute approximate surface area is 213 Å². The lowest BCUT2D eigenvalue weighted by molar-refractivity contribution is -0.138. The molecule has 2 aromatic rings. The zero-order chi connectivity index (χ0) is 25.9. The maximum absolute atomic E-state index is 12.5. The molecule has 1 atom stereocenters. The van der Waals surface area contributed by atoms with Gasteiger partial charge in [0.1, 0.15) is 6.10 Å². The number of ether oxygens (including phenoxy) is 3. The van der Waals surface area contributed by atoms with Gasteiger partial charge in [0.15, 0.2) is 0 Å². The lowest BCUT2D eigenvalue weighted by Crippen LogP contribution is -2.28. The van der Waals surface area contributed by atoms with Gasteiger partial charge < -0.3 is 25.7 Å². The Balaban J connectivity index is 1.41. The first-order chi connectivity index (χ1) is 17.3. The molecule has 0 amide bonds. The number of esters is 2. The smallest absolute Gasteiger partial charge is 0.338 e. The maximum atomic E-state index is 12.5. The molecule has 0 bridgehead atoms. The van der Waals surface area contributed by atoms with Crippen LogP contribution in [0.15, 0.2) is 61.2 Å². The molecule has 36 heavy (non-hydrogen) atoms. The molecule has 2 aromatic carbocycles. The van der Waals surface area contributed by atoms with Crippen molar-refractivity contribution in [1.29, 1.82) is 0 Å². The molecule has 1 fully saturated rings. The summed E-state index contributed by atoms with van der Waals surface area (Å²) in [5, 5.41) is 0. The van der Waals surface area contributed by atoms with E-state index in [1.165, 1.54) is 6.08 Å². The predicted molar refractivity (Wildman–Crippen MR) is 142 cm³/mol. The van der Waals surface area contributed by atoms with E-state index in [0.29, 0.717) is 23.5 Å². The number of nitrogen functional groups attached to an aromatic ring is 2. The summed E-state index contributed by atoms with van der Waals surface area (Å²) in [6, 6.07) is 12.3. The number of anilines is 2. The first-order valence-electron chi connectivity index (χ1n) is 12.4. The standard InChI is InChI=1S/C29H36N2O5/c1-3-4-15-34-26-10-12-27(13-11-26)36-29(33)22-8-5-21(6-9-22)7-14-28(32)35-19-20(2)23-16-24(30)18-25(31)17-23/h3,5-9,14,16-18,20,26-27H,1,4,10-13,15,19,30-31H2,2H3. The average molecular weight is 493 g/mol. The SMILES string of the molecule is C=CCCOC1CCC(OC(=O)c2ccc(C=CC(=O)OCC(C)c3cc(N)cc(N)c3)cc2)CC1. The largest absolute Gasteiger partial charge is 0.462 e. The van der Waals surface area contributed by atoms with Gasteiger partial charge >= 0.3 is 11.9 Å². The van der Waals surface area contributed by atoms with Gasteiger partial charge in [-0.25, -0.2) is 9.59 Å². The van der Waals surface area contributed by atoms with Crippen molar-refractivity contribution in [3.05, 3.63) is 77.9 Å². The second-order valence-electron chi connectivity index (χ2n) is 9.17. The molecule has 0 radical (unpaired) electrons. The molecule has 0 heterocycles. The normalized spacial score (nSPS) is 18.5. The van der Waals surface area contributed by atoms with Crippen LogP contribution in [0.5, 0.6) is 0 Å². The third-order valence-corrected chi connectivity index (χ3v) is 6.17. The van der Waals surface area contributed by atoms with Crippen molar-refractivity contribution in [2.45, 2.75) is 57.2 Å². The Morgan fingerprint density at radius 1 is 1.03 bits per heavy atom. The van der Waals surface area contributed by atoms with Gasteiger partial charge in [0.2, 0.25) is 0 Å². The van der Waals surface area contributed by atoms with Crippen molar-refractivity contribution < 1.29 is 23.8 Å². The van der Waals surface area contributed by atoms with Crippen LogP contribution >= 0.6 is 0 Å². The molecule has 7 heteroatoms. The molecule has 0 aromatic heterocycles. The number of hydrogen-bond acceptors (Lipinski definition) is 7. The Bertz CT molecular complexity index is 1040.